The van der Waals surface area contributed by atoms with Crippen LogP contribution in [-0.2, 0) is 23.7 Å². The van der Waals surface area contributed by atoms with E-state index in [-0.39, 0.29) is 25.1 Å². The SMILES string of the molecule is CCOC(=O)C(CCOC(C)OCC)C(O)COC(C)(C)C. The van der Waals surface area contributed by atoms with E-state index in [1.54, 1.807) is 13.8 Å². The summed E-state index contributed by atoms with van der Waals surface area (Å²) in [5.41, 5.74) is -0.375. The highest BCUT2D eigenvalue weighted by molar-refractivity contribution is 5.73. The van der Waals surface area contributed by atoms with Gasteiger partial charge in [-0.1, -0.05) is 0 Å². The van der Waals surface area contributed by atoms with Crippen molar-refractivity contribution in [1.82, 2.24) is 0 Å². The largest absolute Gasteiger partial charge is 0.466 e. The van der Waals surface area contributed by atoms with Gasteiger partial charge in [-0.3, -0.25) is 4.79 Å². The fourth-order valence-corrected chi connectivity index (χ4v) is 1.81. The van der Waals surface area contributed by atoms with Gasteiger partial charge in [0.15, 0.2) is 6.29 Å². The van der Waals surface area contributed by atoms with E-state index in [1.807, 2.05) is 27.7 Å². The van der Waals surface area contributed by atoms with Crippen LogP contribution >= 0.6 is 0 Å². The smallest absolute Gasteiger partial charge is 0.311 e. The number of carbonyl (C=O) groups excluding carboxylic acids is 1. The minimum atomic E-state index is -0.927. The van der Waals surface area contributed by atoms with E-state index in [1.165, 1.54) is 0 Å². The summed E-state index contributed by atoms with van der Waals surface area (Å²) in [5, 5.41) is 10.2. The minimum Gasteiger partial charge on any atom is -0.466 e. The van der Waals surface area contributed by atoms with Crippen molar-refractivity contribution in [3.8, 4) is 0 Å². The average molecular weight is 320 g/mol. The Bertz CT molecular complexity index is 300. The molecule has 1 N–H and O–H groups in total. The predicted molar refractivity (Wildman–Crippen MR) is 83.5 cm³/mol. The summed E-state index contributed by atoms with van der Waals surface area (Å²) < 4.78 is 21.3. The van der Waals surface area contributed by atoms with Gasteiger partial charge in [-0.15, -0.1) is 0 Å². The number of carbonyl (C=O) groups is 1. The van der Waals surface area contributed by atoms with Crippen molar-refractivity contribution in [1.29, 1.82) is 0 Å². The highest BCUT2D eigenvalue weighted by Gasteiger charge is 2.29. The van der Waals surface area contributed by atoms with Crippen LogP contribution in [0.1, 0.15) is 48.0 Å². The van der Waals surface area contributed by atoms with Crippen molar-refractivity contribution in [2.45, 2.75) is 66.0 Å². The summed E-state index contributed by atoms with van der Waals surface area (Å²) >= 11 is 0. The molecule has 0 aliphatic rings. The van der Waals surface area contributed by atoms with E-state index in [0.717, 1.165) is 0 Å². The highest BCUT2D eigenvalue weighted by atomic mass is 16.7. The van der Waals surface area contributed by atoms with Crippen molar-refractivity contribution in [2.75, 3.05) is 26.4 Å². The first-order valence-corrected chi connectivity index (χ1v) is 7.93. The maximum Gasteiger partial charge on any atom is 0.311 e. The summed E-state index contributed by atoms with van der Waals surface area (Å²) in [4.78, 5) is 12.0. The van der Waals surface area contributed by atoms with Gasteiger partial charge < -0.3 is 24.1 Å². The third-order valence-electron chi connectivity index (χ3n) is 2.92. The fourth-order valence-electron chi connectivity index (χ4n) is 1.81. The van der Waals surface area contributed by atoms with Crippen molar-refractivity contribution < 1.29 is 28.8 Å². The second kappa shape index (κ2) is 10.9. The number of rotatable bonds is 11. The molecule has 0 bridgehead atoms. The molecule has 0 aliphatic heterocycles. The third-order valence-corrected chi connectivity index (χ3v) is 2.92. The molecule has 0 fully saturated rings. The number of hydrogen-bond donors (Lipinski definition) is 1. The average Bonchev–Trinajstić information content (AvgIpc) is 2.40. The molecule has 0 aromatic heterocycles. The van der Waals surface area contributed by atoms with Crippen LogP contribution in [0.2, 0.25) is 0 Å². The summed E-state index contributed by atoms with van der Waals surface area (Å²) in [5.74, 6) is -1.10. The van der Waals surface area contributed by atoms with Crippen LogP contribution < -0.4 is 0 Å². The molecule has 6 heteroatoms. The molecule has 0 rings (SSSR count). The summed E-state index contributed by atoms with van der Waals surface area (Å²) in [6.07, 6.45) is -0.912. The van der Waals surface area contributed by atoms with Crippen LogP contribution in [0.25, 0.3) is 0 Å². The monoisotopic (exact) mass is 320 g/mol. The molecule has 22 heavy (non-hydrogen) atoms. The van der Waals surface area contributed by atoms with Crippen molar-refractivity contribution >= 4 is 5.97 Å². The molecule has 0 saturated carbocycles. The zero-order valence-corrected chi connectivity index (χ0v) is 14.8. The van der Waals surface area contributed by atoms with Crippen LogP contribution in [0.5, 0.6) is 0 Å². The van der Waals surface area contributed by atoms with Crippen LogP contribution in [0.3, 0.4) is 0 Å². The molecule has 6 nitrogen and oxygen atoms in total. The van der Waals surface area contributed by atoms with Gasteiger partial charge in [-0.2, -0.15) is 0 Å². The Balaban J connectivity index is 4.45. The van der Waals surface area contributed by atoms with Gasteiger partial charge in [0.25, 0.3) is 0 Å². The number of esters is 1. The topological polar surface area (TPSA) is 74.2 Å². The van der Waals surface area contributed by atoms with Crippen LogP contribution in [0.4, 0.5) is 0 Å². The van der Waals surface area contributed by atoms with E-state index in [2.05, 4.69) is 0 Å². The lowest BCUT2D eigenvalue weighted by molar-refractivity contribution is -0.161. The number of aliphatic hydroxyl groups excluding tert-OH is 1. The molecule has 0 radical (unpaired) electrons. The summed E-state index contributed by atoms with van der Waals surface area (Å²) in [7, 11) is 0. The lowest BCUT2D eigenvalue weighted by atomic mass is 9.99. The van der Waals surface area contributed by atoms with E-state index in [9.17, 15) is 9.90 Å². The Labute approximate surface area is 134 Å². The zero-order valence-electron chi connectivity index (χ0n) is 14.8. The van der Waals surface area contributed by atoms with E-state index in [0.29, 0.717) is 19.6 Å². The predicted octanol–water partition coefficient (Wildman–Crippen LogP) is 2.13. The molecule has 3 unspecified atom stereocenters. The number of ether oxygens (including phenoxy) is 4. The van der Waals surface area contributed by atoms with E-state index >= 15 is 0 Å². The first kappa shape index (κ1) is 21.3. The number of aliphatic hydroxyl groups is 1. The normalized spacial score (nSPS) is 16.1. The Morgan fingerprint density at radius 2 is 1.77 bits per heavy atom. The molecular weight excluding hydrogens is 288 g/mol. The Morgan fingerprint density at radius 1 is 1.14 bits per heavy atom. The maximum atomic E-state index is 12.0. The molecule has 0 spiro atoms. The second-order valence-electron chi connectivity index (χ2n) is 6.03. The molecule has 132 valence electrons. The van der Waals surface area contributed by atoms with Crippen molar-refractivity contribution in [2.24, 2.45) is 5.92 Å². The van der Waals surface area contributed by atoms with Crippen LogP contribution in [0, 0.1) is 5.92 Å². The Kier molecular flexibility index (Phi) is 10.6. The quantitative estimate of drug-likeness (QED) is 0.464. The van der Waals surface area contributed by atoms with Crippen molar-refractivity contribution in [3.05, 3.63) is 0 Å². The van der Waals surface area contributed by atoms with Crippen molar-refractivity contribution in [3.63, 3.8) is 0 Å². The molecule has 0 aliphatic carbocycles. The standard InChI is InChI=1S/C16H32O6/c1-7-19-12(3)21-10-9-13(15(18)20-8-2)14(17)11-22-16(4,5)6/h12-14,17H,7-11H2,1-6H3. The fraction of sp³-hybridized carbons (Fsp3) is 0.938. The lowest BCUT2D eigenvalue weighted by Gasteiger charge is -2.26. The van der Waals surface area contributed by atoms with E-state index in [4.69, 9.17) is 18.9 Å². The zero-order chi connectivity index (χ0) is 17.2. The summed E-state index contributed by atoms with van der Waals surface area (Å²) in [6.45, 7) is 12.3. The van der Waals surface area contributed by atoms with Gasteiger partial charge in [0.05, 0.1) is 37.4 Å². The van der Waals surface area contributed by atoms with E-state index < -0.39 is 18.0 Å². The van der Waals surface area contributed by atoms with Crippen LogP contribution in [0.15, 0.2) is 0 Å². The lowest BCUT2D eigenvalue weighted by Crippen LogP contribution is -2.37. The van der Waals surface area contributed by atoms with Gasteiger partial charge in [0.1, 0.15) is 0 Å². The first-order chi connectivity index (χ1) is 10.2. The third kappa shape index (κ3) is 10.1. The van der Waals surface area contributed by atoms with Gasteiger partial charge in [-0.05, 0) is 48.0 Å². The molecular formula is C16H32O6. The second-order valence-corrected chi connectivity index (χ2v) is 6.03. The van der Waals surface area contributed by atoms with Gasteiger partial charge in [-0.25, -0.2) is 0 Å². The van der Waals surface area contributed by atoms with Crippen LogP contribution in [-0.4, -0.2) is 55.5 Å². The minimum absolute atomic E-state index is 0.0774. The molecule has 0 aromatic rings. The highest BCUT2D eigenvalue weighted by Crippen LogP contribution is 2.16. The molecule has 0 aromatic carbocycles. The Morgan fingerprint density at radius 3 is 2.27 bits per heavy atom. The summed E-state index contributed by atoms with van der Waals surface area (Å²) in [6, 6.07) is 0. The number of hydrogen-bond acceptors (Lipinski definition) is 6. The molecule has 0 heterocycles. The molecule has 0 amide bonds. The molecule has 0 saturated heterocycles. The Hall–Kier alpha value is -0.690. The van der Waals surface area contributed by atoms with Gasteiger partial charge in [0, 0.05) is 6.61 Å². The molecule has 3 atom stereocenters. The van der Waals surface area contributed by atoms with Gasteiger partial charge in [0.2, 0.25) is 0 Å². The van der Waals surface area contributed by atoms with Gasteiger partial charge >= 0.3 is 5.97 Å². The first-order valence-electron chi connectivity index (χ1n) is 7.93. The maximum absolute atomic E-state index is 12.0.